The Balaban J connectivity index is 1.64. The predicted octanol–water partition coefficient (Wildman–Crippen LogP) is 4.86. The lowest BCUT2D eigenvalue weighted by Gasteiger charge is -2.29. The van der Waals surface area contributed by atoms with Crippen LogP contribution in [0.1, 0.15) is 11.6 Å². The van der Waals surface area contributed by atoms with Gasteiger partial charge in [-0.15, -0.1) is 0 Å². The van der Waals surface area contributed by atoms with Gasteiger partial charge in [-0.05, 0) is 42.5 Å². The molecule has 3 atom stereocenters. The van der Waals surface area contributed by atoms with Gasteiger partial charge in [0.25, 0.3) is 5.91 Å². The van der Waals surface area contributed by atoms with Crippen molar-refractivity contribution in [2.75, 3.05) is 9.96 Å². The summed E-state index contributed by atoms with van der Waals surface area (Å²) in [7, 11) is 0. The molecule has 2 aliphatic rings. The Labute approximate surface area is 191 Å². The van der Waals surface area contributed by atoms with E-state index in [0.29, 0.717) is 22.0 Å². The van der Waals surface area contributed by atoms with E-state index in [1.54, 1.807) is 42.5 Å². The number of imide groups is 1. The molecule has 0 radical (unpaired) electrons. The fraction of sp³-hybridized carbons (Fsp3) is 0.130. The Bertz CT molecular complexity index is 1190. The molecule has 1 N–H and O–H groups in total. The zero-order valence-electron chi connectivity index (χ0n) is 16.0. The fourth-order valence-corrected chi connectivity index (χ4v) is 4.76. The van der Waals surface area contributed by atoms with Crippen LogP contribution in [0.3, 0.4) is 0 Å². The summed E-state index contributed by atoms with van der Waals surface area (Å²) in [5.41, 5.74) is 1.47. The van der Waals surface area contributed by atoms with Gasteiger partial charge in [-0.3, -0.25) is 14.4 Å². The van der Waals surface area contributed by atoms with Crippen molar-refractivity contribution in [3.8, 4) is 5.75 Å². The number of anilines is 2. The molecule has 8 heteroatoms. The Morgan fingerprint density at radius 3 is 2.39 bits per heavy atom. The summed E-state index contributed by atoms with van der Waals surface area (Å²) in [6.45, 7) is 0. The van der Waals surface area contributed by atoms with Crippen molar-refractivity contribution in [1.82, 2.24) is 0 Å². The highest BCUT2D eigenvalue weighted by Gasteiger charge is 2.61. The number of hydroxylamine groups is 1. The lowest BCUT2D eigenvalue weighted by Crippen LogP contribution is -2.37. The second-order valence-electron chi connectivity index (χ2n) is 7.32. The van der Waals surface area contributed by atoms with Crippen LogP contribution >= 0.6 is 27.5 Å². The minimum atomic E-state index is -1.03. The molecule has 0 unspecified atom stereocenters. The minimum Gasteiger partial charge on any atom is -0.508 e. The Hall–Kier alpha value is -2.87. The summed E-state index contributed by atoms with van der Waals surface area (Å²) < 4.78 is 0.733. The third kappa shape index (κ3) is 3.20. The smallest absolute Gasteiger partial charge is 0.266 e. The maximum absolute atomic E-state index is 13.6. The van der Waals surface area contributed by atoms with E-state index in [-0.39, 0.29) is 5.75 Å². The van der Waals surface area contributed by atoms with E-state index >= 15 is 0 Å². The largest absolute Gasteiger partial charge is 0.508 e. The van der Waals surface area contributed by atoms with E-state index < -0.39 is 29.9 Å². The highest BCUT2D eigenvalue weighted by Crippen LogP contribution is 2.50. The second-order valence-corrected chi connectivity index (χ2v) is 8.65. The monoisotopic (exact) mass is 498 g/mol. The maximum atomic E-state index is 13.6. The van der Waals surface area contributed by atoms with Gasteiger partial charge in [0.2, 0.25) is 5.91 Å². The number of phenolic OH excluding ortho intramolecular Hbond substituents is 1. The Morgan fingerprint density at radius 2 is 1.65 bits per heavy atom. The van der Waals surface area contributed by atoms with Crippen LogP contribution in [-0.2, 0) is 14.4 Å². The number of para-hydroxylation sites is 2. The van der Waals surface area contributed by atoms with Gasteiger partial charge in [-0.25, -0.2) is 9.96 Å². The average Bonchev–Trinajstić information content (AvgIpc) is 3.27. The van der Waals surface area contributed by atoms with Gasteiger partial charge in [0.1, 0.15) is 11.7 Å². The molecule has 156 valence electrons. The summed E-state index contributed by atoms with van der Waals surface area (Å²) in [6, 6.07) is 20.1. The van der Waals surface area contributed by atoms with Crippen molar-refractivity contribution in [2.24, 2.45) is 5.92 Å². The molecule has 0 aliphatic carbocycles. The summed E-state index contributed by atoms with van der Waals surface area (Å²) >= 11 is 9.70. The number of carbonyl (C=O) groups is 2. The summed E-state index contributed by atoms with van der Waals surface area (Å²) in [6.07, 6.45) is -1.03. The molecule has 31 heavy (non-hydrogen) atoms. The van der Waals surface area contributed by atoms with Gasteiger partial charge < -0.3 is 5.11 Å². The van der Waals surface area contributed by atoms with Gasteiger partial charge in [-0.2, -0.15) is 0 Å². The topological polar surface area (TPSA) is 70.1 Å². The SMILES string of the molecule is O=C1[C@H]2[C@@H](c3cc(Br)ccc3O)N(c3ccccc3)O[C@H]2C(=O)N1c1ccccc1Cl. The molecular weight excluding hydrogens is 484 g/mol. The first-order valence-electron chi connectivity index (χ1n) is 9.59. The van der Waals surface area contributed by atoms with Crippen molar-refractivity contribution in [2.45, 2.75) is 12.1 Å². The number of nitrogens with zero attached hydrogens (tertiary/aromatic N) is 2. The first-order valence-corrected chi connectivity index (χ1v) is 10.8. The first-order chi connectivity index (χ1) is 15.0. The van der Waals surface area contributed by atoms with Crippen LogP contribution in [0.4, 0.5) is 11.4 Å². The number of carbonyl (C=O) groups excluding carboxylic acids is 2. The van der Waals surface area contributed by atoms with Gasteiger partial charge >= 0.3 is 0 Å². The van der Waals surface area contributed by atoms with Crippen LogP contribution in [0.25, 0.3) is 0 Å². The van der Waals surface area contributed by atoms with Crippen LogP contribution < -0.4 is 9.96 Å². The predicted molar refractivity (Wildman–Crippen MR) is 120 cm³/mol. The van der Waals surface area contributed by atoms with Gasteiger partial charge in [-0.1, -0.05) is 57.9 Å². The maximum Gasteiger partial charge on any atom is 0.266 e. The molecule has 6 nitrogen and oxygen atoms in total. The summed E-state index contributed by atoms with van der Waals surface area (Å²) in [4.78, 5) is 34.0. The molecule has 3 aromatic carbocycles. The lowest BCUT2D eigenvalue weighted by atomic mass is 9.90. The van der Waals surface area contributed by atoms with E-state index in [1.165, 1.54) is 5.06 Å². The minimum absolute atomic E-state index is 0.00910. The molecule has 3 aromatic rings. The van der Waals surface area contributed by atoms with Crippen LogP contribution in [-0.4, -0.2) is 23.0 Å². The number of aromatic hydroxyl groups is 1. The molecule has 5 rings (SSSR count). The number of fused-ring (bicyclic) bond motifs is 1. The third-order valence-corrected chi connectivity index (χ3v) is 6.34. The number of amides is 2. The summed E-state index contributed by atoms with van der Waals surface area (Å²) in [5, 5.41) is 12.5. The van der Waals surface area contributed by atoms with Crippen molar-refractivity contribution in [3.05, 3.63) is 87.9 Å². The van der Waals surface area contributed by atoms with E-state index in [1.807, 2.05) is 30.3 Å². The van der Waals surface area contributed by atoms with E-state index in [4.69, 9.17) is 16.4 Å². The van der Waals surface area contributed by atoms with Gasteiger partial charge in [0.15, 0.2) is 6.10 Å². The van der Waals surface area contributed by atoms with Gasteiger partial charge in [0.05, 0.1) is 22.4 Å². The zero-order valence-corrected chi connectivity index (χ0v) is 18.3. The Kier molecular flexibility index (Phi) is 4.97. The molecule has 2 saturated heterocycles. The fourth-order valence-electron chi connectivity index (χ4n) is 4.16. The van der Waals surface area contributed by atoms with Crippen molar-refractivity contribution >= 4 is 50.7 Å². The molecule has 2 amide bonds. The standard InChI is InChI=1S/C23H16BrClN2O4/c24-13-10-11-18(28)15(12-13)20-19-21(31-27(20)14-6-2-1-3-7-14)23(30)26(22(19)29)17-9-5-4-8-16(17)25/h1-12,19-21,28H/t19-,20+,21+/m0/s1. The molecule has 2 aliphatic heterocycles. The van der Waals surface area contributed by atoms with Crippen LogP contribution in [0, 0.1) is 5.92 Å². The highest BCUT2D eigenvalue weighted by atomic mass is 79.9. The van der Waals surface area contributed by atoms with Crippen LogP contribution in [0.2, 0.25) is 5.02 Å². The number of phenols is 1. The molecule has 0 aromatic heterocycles. The lowest BCUT2D eigenvalue weighted by molar-refractivity contribution is -0.126. The molecule has 2 heterocycles. The number of hydrogen-bond acceptors (Lipinski definition) is 5. The molecule has 0 spiro atoms. The van der Waals surface area contributed by atoms with E-state index in [9.17, 15) is 14.7 Å². The average molecular weight is 500 g/mol. The number of benzene rings is 3. The zero-order chi connectivity index (χ0) is 21.7. The van der Waals surface area contributed by atoms with E-state index in [0.717, 1.165) is 9.37 Å². The van der Waals surface area contributed by atoms with Crippen LogP contribution in [0.15, 0.2) is 77.3 Å². The van der Waals surface area contributed by atoms with Crippen molar-refractivity contribution < 1.29 is 19.5 Å². The molecule has 0 saturated carbocycles. The van der Waals surface area contributed by atoms with Crippen molar-refractivity contribution in [3.63, 3.8) is 0 Å². The first kappa shape index (κ1) is 20.1. The van der Waals surface area contributed by atoms with Gasteiger partial charge in [0, 0.05) is 10.0 Å². The quantitative estimate of drug-likeness (QED) is 0.521. The Morgan fingerprint density at radius 1 is 0.935 bits per heavy atom. The number of halogens is 2. The third-order valence-electron chi connectivity index (χ3n) is 5.53. The highest BCUT2D eigenvalue weighted by molar-refractivity contribution is 9.10. The molecular formula is C23H16BrClN2O4. The molecule has 2 fully saturated rings. The van der Waals surface area contributed by atoms with Crippen LogP contribution in [0.5, 0.6) is 5.75 Å². The number of rotatable bonds is 3. The van der Waals surface area contributed by atoms with E-state index in [2.05, 4.69) is 15.9 Å². The second kappa shape index (κ2) is 7.67. The van der Waals surface area contributed by atoms with Crippen molar-refractivity contribution in [1.29, 1.82) is 0 Å². The molecule has 0 bridgehead atoms. The number of hydrogen-bond donors (Lipinski definition) is 1. The summed E-state index contributed by atoms with van der Waals surface area (Å²) in [5.74, 6) is -1.76. The normalized spacial score (nSPS) is 22.8.